The van der Waals surface area contributed by atoms with E-state index in [0.29, 0.717) is 40.6 Å². The molecule has 1 aromatic heterocycles. The topological polar surface area (TPSA) is 87.3 Å². The molecule has 1 aliphatic rings. The van der Waals surface area contributed by atoms with Crippen molar-refractivity contribution in [2.45, 2.75) is 13.0 Å². The van der Waals surface area contributed by atoms with Crippen molar-refractivity contribution in [1.82, 2.24) is 20.2 Å². The number of nitrogens with one attached hydrogen (secondary N) is 2. The summed E-state index contributed by atoms with van der Waals surface area (Å²) in [6, 6.07) is 10.0. The second-order valence-electron chi connectivity index (χ2n) is 7.48. The van der Waals surface area contributed by atoms with Crippen LogP contribution in [0.2, 0.25) is 5.02 Å². The molecule has 8 heteroatoms. The first-order chi connectivity index (χ1) is 15.0. The van der Waals surface area contributed by atoms with Crippen molar-refractivity contribution in [1.29, 1.82) is 0 Å². The number of amides is 2. The van der Waals surface area contributed by atoms with Gasteiger partial charge in [0.15, 0.2) is 0 Å². The number of methoxy groups -OCH3 is 1. The zero-order valence-corrected chi connectivity index (χ0v) is 18.1. The van der Waals surface area contributed by atoms with Gasteiger partial charge in [0.05, 0.1) is 17.6 Å². The Morgan fingerprint density at radius 1 is 1.23 bits per heavy atom. The van der Waals surface area contributed by atoms with Crippen molar-refractivity contribution in [3.05, 3.63) is 76.1 Å². The molecule has 0 bridgehead atoms. The van der Waals surface area contributed by atoms with E-state index in [1.54, 1.807) is 42.3 Å². The van der Waals surface area contributed by atoms with E-state index in [2.05, 4.69) is 15.3 Å². The first-order valence-electron chi connectivity index (χ1n) is 9.96. The van der Waals surface area contributed by atoms with Gasteiger partial charge in [-0.25, -0.2) is 4.98 Å². The van der Waals surface area contributed by atoms with Gasteiger partial charge >= 0.3 is 0 Å². The standard InChI is InChI=1S/C23H23ClN4O3/c1-14-11-15(5-7-17(14)23(30)28-9-3-4-10-28)22(29)27-20(13-31-2)21-25-18-8-6-16(24)12-19(18)26-21/h3-8,11-12,20H,9-10,13H2,1-2H3,(H,25,26)(H,27,29)/t20-/m0/s1. The van der Waals surface area contributed by atoms with Crippen LogP contribution >= 0.6 is 11.6 Å². The van der Waals surface area contributed by atoms with E-state index in [0.717, 1.165) is 11.1 Å². The number of imidazole rings is 1. The molecule has 7 nitrogen and oxygen atoms in total. The maximum atomic E-state index is 12.9. The van der Waals surface area contributed by atoms with E-state index in [1.165, 1.54) is 0 Å². The molecule has 2 amide bonds. The van der Waals surface area contributed by atoms with E-state index < -0.39 is 6.04 Å². The second kappa shape index (κ2) is 8.91. The van der Waals surface area contributed by atoms with Gasteiger partial charge < -0.3 is 19.9 Å². The van der Waals surface area contributed by atoms with Crippen molar-refractivity contribution in [3.63, 3.8) is 0 Å². The van der Waals surface area contributed by atoms with Crippen molar-refractivity contribution >= 4 is 34.4 Å². The van der Waals surface area contributed by atoms with Gasteiger partial charge in [-0.3, -0.25) is 9.59 Å². The second-order valence-corrected chi connectivity index (χ2v) is 7.91. The molecule has 2 N–H and O–H groups in total. The van der Waals surface area contributed by atoms with Gasteiger partial charge in [0.2, 0.25) is 0 Å². The summed E-state index contributed by atoms with van der Waals surface area (Å²) in [5.41, 5.74) is 3.36. The number of halogens is 1. The fourth-order valence-corrected chi connectivity index (χ4v) is 3.79. The normalized spacial score (nSPS) is 14.2. The number of hydrogen-bond donors (Lipinski definition) is 2. The van der Waals surface area contributed by atoms with Crippen molar-refractivity contribution in [2.24, 2.45) is 0 Å². The number of benzene rings is 2. The Morgan fingerprint density at radius 2 is 2.00 bits per heavy atom. The molecule has 2 heterocycles. The van der Waals surface area contributed by atoms with Gasteiger partial charge in [0.1, 0.15) is 11.9 Å². The van der Waals surface area contributed by atoms with Gasteiger partial charge in [-0.2, -0.15) is 0 Å². The summed E-state index contributed by atoms with van der Waals surface area (Å²) >= 11 is 6.05. The smallest absolute Gasteiger partial charge is 0.254 e. The number of ether oxygens (including phenoxy) is 1. The lowest BCUT2D eigenvalue weighted by atomic mass is 10.0. The van der Waals surface area contributed by atoms with Gasteiger partial charge in [0, 0.05) is 36.3 Å². The monoisotopic (exact) mass is 438 g/mol. The lowest BCUT2D eigenvalue weighted by Gasteiger charge is -2.18. The number of H-pyrrole nitrogens is 1. The number of aromatic amines is 1. The zero-order chi connectivity index (χ0) is 22.0. The van der Waals surface area contributed by atoms with Crippen molar-refractivity contribution in [3.8, 4) is 0 Å². The molecule has 31 heavy (non-hydrogen) atoms. The quantitative estimate of drug-likeness (QED) is 0.575. The maximum absolute atomic E-state index is 12.9. The number of hydrogen-bond acceptors (Lipinski definition) is 4. The molecule has 0 aliphatic carbocycles. The number of carbonyl (C=O) groups excluding carboxylic acids is 2. The summed E-state index contributed by atoms with van der Waals surface area (Å²) in [5, 5.41) is 3.55. The van der Waals surface area contributed by atoms with Crippen LogP contribution in [-0.4, -0.2) is 53.5 Å². The van der Waals surface area contributed by atoms with E-state index in [4.69, 9.17) is 16.3 Å². The molecule has 0 saturated carbocycles. The highest BCUT2D eigenvalue weighted by Gasteiger charge is 2.22. The summed E-state index contributed by atoms with van der Waals surface area (Å²) < 4.78 is 5.29. The average molecular weight is 439 g/mol. The summed E-state index contributed by atoms with van der Waals surface area (Å²) in [6.45, 7) is 3.31. The minimum atomic E-state index is -0.471. The molecule has 0 radical (unpaired) electrons. The van der Waals surface area contributed by atoms with Crippen LogP contribution in [0.25, 0.3) is 11.0 Å². The zero-order valence-electron chi connectivity index (χ0n) is 17.3. The van der Waals surface area contributed by atoms with E-state index >= 15 is 0 Å². The fourth-order valence-electron chi connectivity index (χ4n) is 3.62. The lowest BCUT2D eigenvalue weighted by Crippen LogP contribution is -2.32. The number of carbonyl (C=O) groups is 2. The van der Waals surface area contributed by atoms with Crippen LogP contribution in [0.1, 0.15) is 38.1 Å². The van der Waals surface area contributed by atoms with Crippen LogP contribution in [0.5, 0.6) is 0 Å². The molecule has 0 fully saturated rings. The van der Waals surface area contributed by atoms with Crippen LogP contribution in [0.3, 0.4) is 0 Å². The van der Waals surface area contributed by atoms with Crippen molar-refractivity contribution < 1.29 is 14.3 Å². The molecule has 4 rings (SSSR count). The number of aromatic nitrogens is 2. The van der Waals surface area contributed by atoms with E-state index in [-0.39, 0.29) is 18.4 Å². The molecule has 3 aromatic rings. The largest absolute Gasteiger partial charge is 0.382 e. The Bertz CT molecular complexity index is 1160. The molecule has 0 saturated heterocycles. The SMILES string of the molecule is COC[C@H](NC(=O)c1ccc(C(=O)N2CC=CC2)c(C)c1)c1nc2cc(Cl)ccc2[nH]1. The van der Waals surface area contributed by atoms with E-state index in [9.17, 15) is 9.59 Å². The third-order valence-electron chi connectivity index (χ3n) is 5.26. The highest BCUT2D eigenvalue weighted by Crippen LogP contribution is 2.21. The van der Waals surface area contributed by atoms with Crippen LogP contribution in [0.15, 0.2) is 48.6 Å². The average Bonchev–Trinajstić information content (AvgIpc) is 3.42. The van der Waals surface area contributed by atoms with Gasteiger partial charge in [-0.15, -0.1) is 0 Å². The number of nitrogens with zero attached hydrogens (tertiary/aromatic N) is 2. The van der Waals surface area contributed by atoms with Crippen molar-refractivity contribution in [2.75, 3.05) is 26.8 Å². The van der Waals surface area contributed by atoms with Crippen LogP contribution in [0.4, 0.5) is 0 Å². The Kier molecular flexibility index (Phi) is 6.06. The Hall–Kier alpha value is -3.16. The van der Waals surface area contributed by atoms with Gasteiger partial charge in [-0.1, -0.05) is 23.8 Å². The molecule has 0 spiro atoms. The van der Waals surface area contributed by atoms with Crippen LogP contribution in [-0.2, 0) is 4.74 Å². The van der Waals surface area contributed by atoms with E-state index in [1.807, 2.05) is 25.1 Å². The van der Waals surface area contributed by atoms with Crippen LogP contribution < -0.4 is 5.32 Å². The first-order valence-corrected chi connectivity index (χ1v) is 10.3. The van der Waals surface area contributed by atoms with Crippen LogP contribution in [0, 0.1) is 6.92 Å². The fraction of sp³-hybridized carbons (Fsp3) is 0.261. The third kappa shape index (κ3) is 4.47. The number of aryl methyl sites for hydroxylation is 1. The number of rotatable bonds is 6. The predicted octanol–water partition coefficient (Wildman–Crippen LogP) is 3.65. The summed E-state index contributed by atoms with van der Waals surface area (Å²) in [6.07, 6.45) is 3.94. The molecular formula is C23H23ClN4O3. The molecule has 1 aliphatic heterocycles. The summed E-state index contributed by atoms with van der Waals surface area (Å²) in [4.78, 5) is 35.1. The minimum Gasteiger partial charge on any atom is -0.382 e. The molecule has 160 valence electrons. The maximum Gasteiger partial charge on any atom is 0.254 e. The Labute approximate surface area is 185 Å². The highest BCUT2D eigenvalue weighted by atomic mass is 35.5. The number of fused-ring (bicyclic) bond motifs is 1. The Balaban J connectivity index is 1.53. The Morgan fingerprint density at radius 3 is 2.71 bits per heavy atom. The molecule has 0 unspecified atom stereocenters. The molecule has 2 aromatic carbocycles. The molecular weight excluding hydrogens is 416 g/mol. The highest BCUT2D eigenvalue weighted by molar-refractivity contribution is 6.31. The predicted molar refractivity (Wildman–Crippen MR) is 119 cm³/mol. The first kappa shape index (κ1) is 21.1. The van der Waals surface area contributed by atoms with Gasteiger partial charge in [-0.05, 0) is 48.9 Å². The lowest BCUT2D eigenvalue weighted by molar-refractivity contribution is 0.0798. The minimum absolute atomic E-state index is 0.0346. The summed E-state index contributed by atoms with van der Waals surface area (Å²) in [7, 11) is 1.57. The summed E-state index contributed by atoms with van der Waals surface area (Å²) in [5.74, 6) is 0.274. The third-order valence-corrected chi connectivity index (χ3v) is 5.49. The molecule has 1 atom stereocenters. The van der Waals surface area contributed by atoms with Gasteiger partial charge in [0.25, 0.3) is 11.8 Å².